The summed E-state index contributed by atoms with van der Waals surface area (Å²) in [5.41, 5.74) is 2.81. The molecule has 0 bridgehead atoms. The average molecular weight is 1090 g/mol. The Morgan fingerprint density at radius 3 is 0.864 bits per heavy atom. The molecule has 12 heteroatoms. The van der Waals surface area contributed by atoms with Gasteiger partial charge in [0.15, 0.2) is 0 Å². The van der Waals surface area contributed by atoms with Crippen molar-refractivity contribution in [1.29, 1.82) is 0 Å². The van der Waals surface area contributed by atoms with Gasteiger partial charge in [0, 0.05) is 50.0 Å². The van der Waals surface area contributed by atoms with Crippen LogP contribution in [0.25, 0.3) is 24.3 Å². The first-order valence-electron chi connectivity index (χ1n) is 27.6. The molecule has 12 heterocycles. The molecule has 12 rings (SSSR count). The fourth-order valence-corrected chi connectivity index (χ4v) is 9.55. The van der Waals surface area contributed by atoms with Gasteiger partial charge in [0.1, 0.15) is 137 Å². The lowest BCUT2D eigenvalue weighted by Crippen LogP contribution is -2.08. The van der Waals surface area contributed by atoms with E-state index in [1.54, 1.807) is 0 Å². The summed E-state index contributed by atoms with van der Waals surface area (Å²) in [6.45, 7) is 17.9. The third-order valence-electron chi connectivity index (χ3n) is 13.7. The quantitative estimate of drug-likeness (QED) is 0.0851. The molecule has 12 aromatic heterocycles. The zero-order valence-electron chi connectivity index (χ0n) is 47.3. The van der Waals surface area contributed by atoms with Gasteiger partial charge in [-0.15, -0.1) is 0 Å². The molecule has 0 amide bonds. The summed E-state index contributed by atoms with van der Waals surface area (Å²) in [5.74, 6) is 17.6. The van der Waals surface area contributed by atoms with Crippen LogP contribution in [0.3, 0.4) is 0 Å². The van der Waals surface area contributed by atoms with Crippen LogP contribution in [0.4, 0.5) is 0 Å². The number of hydrogen-bond acceptors (Lipinski definition) is 12. The van der Waals surface area contributed by atoms with Crippen LogP contribution in [0.15, 0.2) is 199 Å². The van der Waals surface area contributed by atoms with Crippen LogP contribution in [0, 0.1) is 41.5 Å². The van der Waals surface area contributed by atoms with Crippen LogP contribution in [0.5, 0.6) is 0 Å². The van der Waals surface area contributed by atoms with Gasteiger partial charge in [-0.25, -0.2) is 0 Å². The molecule has 12 aromatic rings. The van der Waals surface area contributed by atoms with Crippen molar-refractivity contribution < 1.29 is 53.0 Å². The van der Waals surface area contributed by atoms with Crippen LogP contribution < -0.4 is 21.7 Å². The maximum atomic E-state index is 6.14. The van der Waals surface area contributed by atoms with Crippen LogP contribution in [-0.2, 0) is 25.7 Å². The molecule has 0 aliphatic heterocycles. The molecule has 12 nitrogen and oxygen atoms in total. The highest BCUT2D eigenvalue weighted by atomic mass is 16.4. The standard InChI is InChI=1S/C26H20O5.C25H28O4.C18H20O3/c1-17-3-5-19(27-17)13-21-7-9-23(29-21)15-25-11-12-26(31-25)16-24-10-8-22(30-24)14-20-6-4-18(2)28-20;1-5-18-9-13-24(28-18)20(22-11-7-16(3)26-22)15-21(23-12-8-17(4)27-23)25-14-10-19(6-2)29-25;1-4-14-8-10-18(21-14)16(17-9-6-13(3)20-17)11-15-7-5-12(2)19-15/h3-16H,1-2H3;7-14,20-21H,5-6,15H2,1-4H3;5-10,16H,4,11H2,1-3H3/b21-13+,22-14+,23-15+,24-16+;;. The van der Waals surface area contributed by atoms with Crippen molar-refractivity contribution in [3.05, 3.63) is 282 Å². The minimum Gasteiger partial charge on any atom is -0.466 e. The van der Waals surface area contributed by atoms with Crippen LogP contribution in [0.2, 0.25) is 0 Å². The number of furan rings is 12. The van der Waals surface area contributed by atoms with Gasteiger partial charge >= 0.3 is 0 Å². The normalized spacial score (nSPS) is 13.6. The Morgan fingerprint density at radius 2 is 0.543 bits per heavy atom. The van der Waals surface area contributed by atoms with E-state index in [-0.39, 0.29) is 17.8 Å². The molecular weight excluding hydrogens is 1020 g/mol. The van der Waals surface area contributed by atoms with Gasteiger partial charge in [-0.2, -0.15) is 0 Å². The van der Waals surface area contributed by atoms with Crippen molar-refractivity contribution in [1.82, 2.24) is 0 Å². The van der Waals surface area contributed by atoms with Gasteiger partial charge in [0.05, 0.1) is 17.8 Å². The fourth-order valence-electron chi connectivity index (χ4n) is 9.55. The van der Waals surface area contributed by atoms with E-state index in [4.69, 9.17) is 53.0 Å². The summed E-state index contributed by atoms with van der Waals surface area (Å²) in [4.78, 5) is 0. The lowest BCUT2D eigenvalue weighted by atomic mass is 9.87. The van der Waals surface area contributed by atoms with Crippen molar-refractivity contribution in [3.8, 4) is 0 Å². The first-order chi connectivity index (χ1) is 39.3. The molecule has 0 radical (unpaired) electrons. The van der Waals surface area contributed by atoms with Crippen molar-refractivity contribution in [2.45, 2.75) is 112 Å². The SMILES string of the molecule is CCc1ccc(C(CC(c2ccc(C)o2)c2ccc(CC)o2)c2ccc(C)o2)o1.CCc1ccc(C(Cc2ccc(C)o2)c2ccc(C)o2)o1.Cc1ccc(/C=c2\cc/c(=C\c3ccc(/C=c4\cc/c(=C\c5ccc(C)o5)o4)o3)o2)o1. The summed E-state index contributed by atoms with van der Waals surface area (Å²) >= 11 is 0. The Hall–Kier alpha value is -9.16. The lowest BCUT2D eigenvalue weighted by molar-refractivity contribution is 0.349. The molecule has 0 saturated heterocycles. The predicted molar refractivity (Wildman–Crippen MR) is 308 cm³/mol. The molecule has 3 unspecified atom stereocenters. The molecule has 0 fully saturated rings. The highest BCUT2D eigenvalue weighted by Gasteiger charge is 2.31. The van der Waals surface area contributed by atoms with E-state index >= 15 is 0 Å². The zero-order valence-corrected chi connectivity index (χ0v) is 47.3. The molecule has 0 aromatic carbocycles. The largest absolute Gasteiger partial charge is 0.466 e. The molecule has 0 aliphatic carbocycles. The predicted octanol–water partition coefficient (Wildman–Crippen LogP) is 15.8. The summed E-state index contributed by atoms with van der Waals surface area (Å²) in [6.07, 6.45) is 11.5. The molecule has 416 valence electrons. The maximum absolute atomic E-state index is 6.14. The van der Waals surface area contributed by atoms with Gasteiger partial charge in [0.25, 0.3) is 0 Å². The van der Waals surface area contributed by atoms with E-state index in [1.807, 2.05) is 199 Å². The van der Waals surface area contributed by atoms with Crippen molar-refractivity contribution in [2.24, 2.45) is 0 Å². The second-order valence-electron chi connectivity index (χ2n) is 20.1. The van der Waals surface area contributed by atoms with Gasteiger partial charge in [-0.3, -0.25) is 0 Å². The Morgan fingerprint density at radius 1 is 0.259 bits per heavy atom. The van der Waals surface area contributed by atoms with Crippen molar-refractivity contribution >= 4 is 24.3 Å². The molecular formula is C69H68O12. The number of aryl methyl sites for hydroxylation is 9. The van der Waals surface area contributed by atoms with Crippen molar-refractivity contribution in [3.63, 3.8) is 0 Å². The smallest absolute Gasteiger partial charge is 0.131 e. The summed E-state index contributed by atoms with van der Waals surface area (Å²) in [6, 6.07) is 47.3. The maximum Gasteiger partial charge on any atom is 0.131 e. The van der Waals surface area contributed by atoms with E-state index in [9.17, 15) is 0 Å². The number of hydrogen-bond donors (Lipinski definition) is 0. The second kappa shape index (κ2) is 25.3. The van der Waals surface area contributed by atoms with Crippen LogP contribution in [0.1, 0.15) is 160 Å². The molecule has 3 atom stereocenters. The van der Waals surface area contributed by atoms with E-state index in [1.165, 1.54) is 0 Å². The Kier molecular flexibility index (Phi) is 17.2. The Bertz CT molecular complexity index is 3950. The minimum absolute atomic E-state index is 0.0328. The lowest BCUT2D eigenvalue weighted by Gasteiger charge is -2.19. The summed E-state index contributed by atoms with van der Waals surface area (Å²) in [5, 5.41) is 0. The fraction of sp³-hybridized carbons (Fsp3) is 0.246. The third-order valence-corrected chi connectivity index (χ3v) is 13.7. The minimum atomic E-state index is -0.0328. The Balaban J connectivity index is 0.000000139. The van der Waals surface area contributed by atoms with Gasteiger partial charge in [0.2, 0.25) is 0 Å². The monoisotopic (exact) mass is 1090 g/mol. The van der Waals surface area contributed by atoms with E-state index in [0.29, 0.717) is 33.2 Å². The zero-order chi connectivity index (χ0) is 56.4. The van der Waals surface area contributed by atoms with Gasteiger partial charge in [-0.1, -0.05) is 20.8 Å². The summed E-state index contributed by atoms with van der Waals surface area (Å²) < 4.78 is 70.4. The van der Waals surface area contributed by atoms with Gasteiger partial charge < -0.3 is 53.0 Å². The van der Waals surface area contributed by atoms with Crippen LogP contribution >= 0.6 is 0 Å². The number of rotatable bonds is 17. The highest BCUT2D eigenvalue weighted by molar-refractivity contribution is 5.49. The molecule has 0 spiro atoms. The van der Waals surface area contributed by atoms with E-state index in [0.717, 1.165) is 136 Å². The molecule has 0 N–H and O–H groups in total. The first kappa shape index (κ1) is 55.2. The molecule has 0 aliphatic rings. The molecule has 81 heavy (non-hydrogen) atoms. The Labute approximate surface area is 470 Å². The third kappa shape index (κ3) is 14.4. The second-order valence-corrected chi connectivity index (χ2v) is 20.1. The topological polar surface area (TPSA) is 158 Å². The van der Waals surface area contributed by atoms with E-state index < -0.39 is 0 Å². The molecule has 0 saturated carbocycles. The van der Waals surface area contributed by atoms with Crippen LogP contribution in [-0.4, -0.2) is 0 Å². The highest BCUT2D eigenvalue weighted by Crippen LogP contribution is 2.41. The first-order valence-corrected chi connectivity index (χ1v) is 27.6. The van der Waals surface area contributed by atoms with E-state index in [2.05, 4.69) is 32.9 Å². The van der Waals surface area contributed by atoms with Gasteiger partial charge in [-0.05, 0) is 194 Å². The average Bonchev–Trinajstić information content (AvgIpc) is 4.42. The van der Waals surface area contributed by atoms with Crippen molar-refractivity contribution in [2.75, 3.05) is 0 Å². The summed E-state index contributed by atoms with van der Waals surface area (Å²) in [7, 11) is 0.